The van der Waals surface area contributed by atoms with E-state index in [0.29, 0.717) is 12.5 Å². The van der Waals surface area contributed by atoms with Gasteiger partial charge in [-0.25, -0.2) is 4.79 Å². The molecule has 0 radical (unpaired) electrons. The lowest BCUT2D eigenvalue weighted by Crippen LogP contribution is -2.50. The molecular weight excluding hydrogens is 232 g/mol. The summed E-state index contributed by atoms with van der Waals surface area (Å²) in [6, 6.07) is -0.198. The third-order valence-electron chi connectivity index (χ3n) is 3.63. The molecular formula is C13H24N2O3. The fraction of sp³-hybridized carbons (Fsp3) is 0.846. The molecule has 0 aliphatic heterocycles. The molecule has 0 aromatic rings. The van der Waals surface area contributed by atoms with Gasteiger partial charge in [-0.2, -0.15) is 0 Å². The SMILES string of the molecule is CCC(CNC(=O)NC(C)(C)C1CC1)CC(=O)O. The molecule has 0 aromatic carbocycles. The number of carbonyl (C=O) groups excluding carboxylic acids is 1. The molecule has 0 heterocycles. The highest BCUT2D eigenvalue weighted by Gasteiger charge is 2.38. The maximum atomic E-state index is 11.7. The van der Waals surface area contributed by atoms with Gasteiger partial charge in [-0.05, 0) is 38.5 Å². The molecule has 2 amide bonds. The minimum absolute atomic E-state index is 0.00251. The molecule has 0 spiro atoms. The van der Waals surface area contributed by atoms with E-state index in [9.17, 15) is 9.59 Å². The summed E-state index contributed by atoms with van der Waals surface area (Å²) in [5.74, 6) is -0.246. The summed E-state index contributed by atoms with van der Waals surface area (Å²) in [4.78, 5) is 22.3. The third-order valence-corrected chi connectivity index (χ3v) is 3.63. The van der Waals surface area contributed by atoms with Crippen molar-refractivity contribution < 1.29 is 14.7 Å². The second-order valence-corrected chi connectivity index (χ2v) is 5.70. The van der Waals surface area contributed by atoms with E-state index >= 15 is 0 Å². The van der Waals surface area contributed by atoms with E-state index in [2.05, 4.69) is 10.6 Å². The molecule has 0 bridgehead atoms. The summed E-state index contributed by atoms with van der Waals surface area (Å²) < 4.78 is 0. The highest BCUT2D eigenvalue weighted by Crippen LogP contribution is 2.39. The molecule has 1 rings (SSSR count). The highest BCUT2D eigenvalue weighted by atomic mass is 16.4. The molecule has 5 heteroatoms. The first-order chi connectivity index (χ1) is 8.35. The Morgan fingerprint density at radius 3 is 2.44 bits per heavy atom. The Bertz CT molecular complexity index is 311. The third kappa shape index (κ3) is 4.94. The molecule has 1 unspecified atom stereocenters. The largest absolute Gasteiger partial charge is 0.481 e. The molecule has 18 heavy (non-hydrogen) atoms. The maximum Gasteiger partial charge on any atom is 0.315 e. The number of aliphatic carboxylic acids is 1. The van der Waals surface area contributed by atoms with Gasteiger partial charge < -0.3 is 15.7 Å². The van der Waals surface area contributed by atoms with Gasteiger partial charge >= 0.3 is 12.0 Å². The van der Waals surface area contributed by atoms with Crippen molar-refractivity contribution in [3.63, 3.8) is 0 Å². The molecule has 1 aliphatic rings. The number of urea groups is 1. The monoisotopic (exact) mass is 256 g/mol. The lowest BCUT2D eigenvalue weighted by atomic mass is 9.99. The topological polar surface area (TPSA) is 78.4 Å². The summed E-state index contributed by atoms with van der Waals surface area (Å²) in [5.41, 5.74) is -0.168. The number of carboxylic acids is 1. The number of amides is 2. The zero-order valence-electron chi connectivity index (χ0n) is 11.5. The van der Waals surface area contributed by atoms with Gasteiger partial charge in [-0.15, -0.1) is 0 Å². The summed E-state index contributed by atoms with van der Waals surface area (Å²) in [6.07, 6.45) is 3.19. The van der Waals surface area contributed by atoms with Crippen molar-refractivity contribution in [2.45, 2.75) is 52.0 Å². The van der Waals surface area contributed by atoms with Crippen molar-refractivity contribution in [3.05, 3.63) is 0 Å². The van der Waals surface area contributed by atoms with Crippen LogP contribution in [0, 0.1) is 11.8 Å². The van der Waals surface area contributed by atoms with Crippen LogP contribution in [-0.2, 0) is 4.79 Å². The fourth-order valence-corrected chi connectivity index (χ4v) is 2.09. The van der Waals surface area contributed by atoms with Gasteiger partial charge in [-0.1, -0.05) is 13.3 Å². The minimum Gasteiger partial charge on any atom is -0.481 e. The average Bonchev–Trinajstić information content (AvgIpc) is 3.06. The van der Waals surface area contributed by atoms with Crippen LogP contribution in [0.3, 0.4) is 0 Å². The van der Waals surface area contributed by atoms with Gasteiger partial charge in [0, 0.05) is 18.5 Å². The summed E-state index contributed by atoms with van der Waals surface area (Å²) in [7, 11) is 0. The van der Waals surface area contributed by atoms with E-state index in [1.54, 1.807) is 0 Å². The van der Waals surface area contributed by atoms with Crippen LogP contribution in [0.2, 0.25) is 0 Å². The Hall–Kier alpha value is -1.26. The van der Waals surface area contributed by atoms with Crippen LogP contribution in [0.25, 0.3) is 0 Å². The highest BCUT2D eigenvalue weighted by molar-refractivity contribution is 5.75. The number of carboxylic acid groups (broad SMARTS) is 1. The smallest absolute Gasteiger partial charge is 0.315 e. The van der Waals surface area contributed by atoms with Gasteiger partial charge in [0.05, 0.1) is 0 Å². The number of nitrogens with one attached hydrogen (secondary N) is 2. The van der Waals surface area contributed by atoms with Crippen molar-refractivity contribution in [3.8, 4) is 0 Å². The Kier molecular flexibility index (Phi) is 4.99. The van der Waals surface area contributed by atoms with E-state index in [1.165, 1.54) is 12.8 Å². The van der Waals surface area contributed by atoms with Crippen LogP contribution >= 0.6 is 0 Å². The Labute approximate surface area is 108 Å². The van der Waals surface area contributed by atoms with Gasteiger partial charge in [0.15, 0.2) is 0 Å². The molecule has 3 N–H and O–H groups in total. The summed E-state index contributed by atoms with van der Waals surface area (Å²) in [5, 5.41) is 14.4. The predicted molar refractivity (Wildman–Crippen MR) is 69.4 cm³/mol. The quantitative estimate of drug-likeness (QED) is 0.651. The Morgan fingerprint density at radius 1 is 1.39 bits per heavy atom. The van der Waals surface area contributed by atoms with E-state index in [-0.39, 0.29) is 23.9 Å². The first kappa shape index (κ1) is 14.8. The van der Waals surface area contributed by atoms with E-state index in [1.807, 2.05) is 20.8 Å². The molecule has 0 aromatic heterocycles. The number of carbonyl (C=O) groups is 2. The number of hydrogen-bond acceptors (Lipinski definition) is 2. The predicted octanol–water partition coefficient (Wildman–Crippen LogP) is 1.98. The minimum atomic E-state index is -0.817. The molecule has 5 nitrogen and oxygen atoms in total. The van der Waals surface area contributed by atoms with Crippen LogP contribution in [-0.4, -0.2) is 29.2 Å². The Morgan fingerprint density at radius 2 is 2.00 bits per heavy atom. The second kappa shape index (κ2) is 6.07. The van der Waals surface area contributed by atoms with E-state index in [0.717, 1.165) is 6.42 Å². The first-order valence-electron chi connectivity index (χ1n) is 6.63. The maximum absolute atomic E-state index is 11.7. The van der Waals surface area contributed by atoms with Gasteiger partial charge in [0.25, 0.3) is 0 Å². The molecule has 0 saturated heterocycles. The fourth-order valence-electron chi connectivity index (χ4n) is 2.09. The molecule has 1 fully saturated rings. The van der Waals surface area contributed by atoms with Gasteiger partial charge in [-0.3, -0.25) is 4.79 Å². The zero-order chi connectivity index (χ0) is 13.8. The number of hydrogen-bond donors (Lipinski definition) is 3. The molecule has 1 aliphatic carbocycles. The summed E-state index contributed by atoms with van der Waals surface area (Å²) >= 11 is 0. The molecule has 1 saturated carbocycles. The van der Waals surface area contributed by atoms with Crippen molar-refractivity contribution >= 4 is 12.0 Å². The first-order valence-corrected chi connectivity index (χ1v) is 6.63. The van der Waals surface area contributed by atoms with E-state index < -0.39 is 5.97 Å². The van der Waals surface area contributed by atoms with Crippen LogP contribution in [0.4, 0.5) is 4.79 Å². The van der Waals surface area contributed by atoms with Crippen molar-refractivity contribution in [1.29, 1.82) is 0 Å². The number of rotatable bonds is 7. The molecule has 104 valence electrons. The Balaban J connectivity index is 2.29. The average molecular weight is 256 g/mol. The normalized spacial score (nSPS) is 17.1. The van der Waals surface area contributed by atoms with Crippen molar-refractivity contribution in [2.75, 3.05) is 6.54 Å². The van der Waals surface area contributed by atoms with Crippen LogP contribution in [0.5, 0.6) is 0 Å². The van der Waals surface area contributed by atoms with Gasteiger partial charge in [0.1, 0.15) is 0 Å². The van der Waals surface area contributed by atoms with Gasteiger partial charge in [0.2, 0.25) is 0 Å². The van der Waals surface area contributed by atoms with Crippen molar-refractivity contribution in [2.24, 2.45) is 11.8 Å². The van der Waals surface area contributed by atoms with Crippen molar-refractivity contribution in [1.82, 2.24) is 10.6 Å². The van der Waals surface area contributed by atoms with Crippen LogP contribution in [0.1, 0.15) is 46.5 Å². The molecule has 1 atom stereocenters. The standard InChI is InChI=1S/C13H24N2O3/c1-4-9(7-11(16)17)8-14-12(18)15-13(2,3)10-5-6-10/h9-10H,4-8H2,1-3H3,(H,16,17)(H2,14,15,18). The second-order valence-electron chi connectivity index (χ2n) is 5.70. The van der Waals surface area contributed by atoms with Crippen LogP contribution < -0.4 is 10.6 Å². The lowest BCUT2D eigenvalue weighted by molar-refractivity contribution is -0.138. The summed E-state index contributed by atoms with van der Waals surface area (Å²) in [6.45, 7) is 6.40. The van der Waals surface area contributed by atoms with E-state index in [4.69, 9.17) is 5.11 Å². The van der Waals surface area contributed by atoms with Crippen LogP contribution in [0.15, 0.2) is 0 Å². The lowest BCUT2D eigenvalue weighted by Gasteiger charge is -2.26. The zero-order valence-corrected chi connectivity index (χ0v) is 11.5.